The number of hydrogen-bond acceptors (Lipinski definition) is 3. The number of benzene rings is 1. The van der Waals surface area contributed by atoms with Gasteiger partial charge in [-0.3, -0.25) is 4.40 Å². The van der Waals surface area contributed by atoms with Crippen LogP contribution in [0.5, 0.6) is 0 Å². The highest BCUT2D eigenvalue weighted by molar-refractivity contribution is 5.77. The van der Waals surface area contributed by atoms with Crippen molar-refractivity contribution in [3.63, 3.8) is 0 Å². The SMILES string of the molecule is CN1CCc2cc(-c3nc4ccccn4c3N)ccc21. The van der Waals surface area contributed by atoms with E-state index in [2.05, 4.69) is 35.1 Å². The van der Waals surface area contributed by atoms with E-state index in [1.165, 1.54) is 11.3 Å². The highest BCUT2D eigenvalue weighted by Gasteiger charge is 2.18. The Morgan fingerprint density at radius 1 is 1.20 bits per heavy atom. The maximum absolute atomic E-state index is 6.23. The van der Waals surface area contributed by atoms with Crippen molar-refractivity contribution < 1.29 is 0 Å². The Morgan fingerprint density at radius 2 is 2.10 bits per heavy atom. The zero-order chi connectivity index (χ0) is 13.7. The normalized spacial score (nSPS) is 13.9. The number of rotatable bonds is 1. The van der Waals surface area contributed by atoms with Crippen molar-refractivity contribution in [1.29, 1.82) is 0 Å². The first kappa shape index (κ1) is 11.3. The van der Waals surface area contributed by atoms with Crippen molar-refractivity contribution in [3.8, 4) is 11.3 Å². The summed E-state index contributed by atoms with van der Waals surface area (Å²) in [7, 11) is 2.13. The minimum Gasteiger partial charge on any atom is -0.383 e. The third-order valence-corrected chi connectivity index (χ3v) is 4.05. The van der Waals surface area contributed by atoms with Gasteiger partial charge in [0, 0.05) is 31.0 Å². The number of aromatic nitrogens is 2. The molecule has 4 nitrogen and oxygen atoms in total. The molecule has 4 heteroatoms. The topological polar surface area (TPSA) is 46.6 Å². The minimum absolute atomic E-state index is 0.701. The van der Waals surface area contributed by atoms with Crippen LogP contribution in [0.15, 0.2) is 42.6 Å². The molecule has 1 aromatic carbocycles. The summed E-state index contributed by atoms with van der Waals surface area (Å²) in [5.74, 6) is 0.701. The average Bonchev–Trinajstić information content (AvgIpc) is 3.01. The fraction of sp³-hybridized carbons (Fsp3) is 0.188. The Hall–Kier alpha value is -2.49. The molecule has 20 heavy (non-hydrogen) atoms. The van der Waals surface area contributed by atoms with E-state index in [1.807, 2.05) is 28.8 Å². The van der Waals surface area contributed by atoms with Gasteiger partial charge in [-0.1, -0.05) is 12.1 Å². The lowest BCUT2D eigenvalue weighted by Crippen LogP contribution is -2.12. The van der Waals surface area contributed by atoms with E-state index < -0.39 is 0 Å². The van der Waals surface area contributed by atoms with Crippen LogP contribution < -0.4 is 10.6 Å². The molecule has 0 radical (unpaired) electrons. The first-order valence-electron chi connectivity index (χ1n) is 6.81. The number of imidazole rings is 1. The first-order chi connectivity index (χ1) is 9.74. The van der Waals surface area contributed by atoms with Crippen molar-refractivity contribution in [2.24, 2.45) is 0 Å². The summed E-state index contributed by atoms with van der Waals surface area (Å²) in [6, 6.07) is 12.4. The molecule has 0 amide bonds. The Bertz CT molecular complexity index is 803. The molecular weight excluding hydrogens is 248 g/mol. The Balaban J connectivity index is 1.89. The first-order valence-corrected chi connectivity index (χ1v) is 6.81. The second-order valence-corrected chi connectivity index (χ2v) is 5.29. The van der Waals surface area contributed by atoms with E-state index in [9.17, 15) is 0 Å². The summed E-state index contributed by atoms with van der Waals surface area (Å²) in [6.07, 6.45) is 3.04. The smallest absolute Gasteiger partial charge is 0.139 e. The Kier molecular flexibility index (Phi) is 2.27. The van der Waals surface area contributed by atoms with Crippen LogP contribution in [0.1, 0.15) is 5.56 Å². The lowest BCUT2D eigenvalue weighted by molar-refractivity contribution is 0.956. The van der Waals surface area contributed by atoms with E-state index in [-0.39, 0.29) is 0 Å². The van der Waals surface area contributed by atoms with E-state index in [0.717, 1.165) is 29.9 Å². The van der Waals surface area contributed by atoms with E-state index in [4.69, 9.17) is 5.73 Å². The van der Waals surface area contributed by atoms with E-state index in [1.54, 1.807) is 0 Å². The van der Waals surface area contributed by atoms with Crippen LogP contribution in [0.2, 0.25) is 0 Å². The highest BCUT2D eigenvalue weighted by Crippen LogP contribution is 2.33. The van der Waals surface area contributed by atoms with E-state index >= 15 is 0 Å². The summed E-state index contributed by atoms with van der Waals surface area (Å²) in [5, 5.41) is 0. The zero-order valence-electron chi connectivity index (χ0n) is 11.4. The minimum atomic E-state index is 0.701. The van der Waals surface area contributed by atoms with E-state index in [0.29, 0.717) is 5.82 Å². The van der Waals surface area contributed by atoms with Crippen LogP contribution in [0, 0.1) is 0 Å². The van der Waals surface area contributed by atoms with Crippen molar-refractivity contribution in [3.05, 3.63) is 48.2 Å². The number of hydrogen-bond donors (Lipinski definition) is 1. The van der Waals surface area contributed by atoms with Gasteiger partial charge < -0.3 is 10.6 Å². The summed E-state index contributed by atoms with van der Waals surface area (Å²) < 4.78 is 1.93. The maximum Gasteiger partial charge on any atom is 0.139 e. The molecule has 0 saturated carbocycles. The van der Waals surface area contributed by atoms with Crippen LogP contribution >= 0.6 is 0 Å². The summed E-state index contributed by atoms with van der Waals surface area (Å²) >= 11 is 0. The highest BCUT2D eigenvalue weighted by atomic mass is 15.1. The lowest BCUT2D eigenvalue weighted by atomic mass is 10.1. The molecule has 0 spiro atoms. The standard InChI is InChI=1S/C16H16N4/c1-19-9-7-11-10-12(5-6-13(11)19)15-16(17)20-8-3-2-4-14(20)18-15/h2-6,8,10H,7,9,17H2,1H3. The Labute approximate surface area is 117 Å². The Morgan fingerprint density at radius 3 is 2.95 bits per heavy atom. The van der Waals surface area contributed by atoms with Crippen molar-refractivity contribution in [2.75, 3.05) is 24.2 Å². The predicted octanol–water partition coefficient (Wildman–Crippen LogP) is 2.58. The van der Waals surface area contributed by atoms with Gasteiger partial charge in [-0.2, -0.15) is 0 Å². The number of likely N-dealkylation sites (N-methyl/N-ethyl adjacent to an activating group) is 1. The lowest BCUT2D eigenvalue weighted by Gasteiger charge is -2.11. The molecule has 1 aliphatic rings. The van der Waals surface area contributed by atoms with Gasteiger partial charge in [0.2, 0.25) is 0 Å². The van der Waals surface area contributed by atoms with Crippen LogP contribution in [0.4, 0.5) is 11.5 Å². The zero-order valence-corrected chi connectivity index (χ0v) is 11.4. The molecule has 0 bridgehead atoms. The molecular formula is C16H16N4. The number of fused-ring (bicyclic) bond motifs is 2. The van der Waals surface area contributed by atoms with Gasteiger partial charge in [-0.15, -0.1) is 0 Å². The van der Waals surface area contributed by atoms with Gasteiger partial charge >= 0.3 is 0 Å². The molecule has 0 saturated heterocycles. The van der Waals surface area contributed by atoms with Crippen LogP contribution in [-0.2, 0) is 6.42 Å². The molecule has 100 valence electrons. The van der Waals surface area contributed by atoms with Crippen molar-refractivity contribution in [2.45, 2.75) is 6.42 Å². The molecule has 2 N–H and O–H groups in total. The monoisotopic (exact) mass is 264 g/mol. The van der Waals surface area contributed by atoms with Crippen LogP contribution in [0.3, 0.4) is 0 Å². The molecule has 0 atom stereocenters. The molecule has 0 unspecified atom stereocenters. The van der Waals surface area contributed by atoms with Crippen LogP contribution in [-0.4, -0.2) is 23.0 Å². The summed E-state index contributed by atoms with van der Waals surface area (Å²) in [5.41, 5.74) is 11.8. The van der Waals surface area contributed by atoms with Crippen LogP contribution in [0.25, 0.3) is 16.9 Å². The fourth-order valence-corrected chi connectivity index (χ4v) is 2.94. The summed E-state index contributed by atoms with van der Waals surface area (Å²) in [6.45, 7) is 1.08. The number of anilines is 2. The molecule has 3 heterocycles. The third-order valence-electron chi connectivity index (χ3n) is 4.05. The second-order valence-electron chi connectivity index (χ2n) is 5.29. The number of nitrogens with zero attached hydrogens (tertiary/aromatic N) is 3. The average molecular weight is 264 g/mol. The molecule has 1 aliphatic heterocycles. The summed E-state index contributed by atoms with van der Waals surface area (Å²) in [4.78, 5) is 6.94. The van der Waals surface area contributed by atoms with Crippen molar-refractivity contribution in [1.82, 2.24) is 9.38 Å². The van der Waals surface area contributed by atoms with Crippen molar-refractivity contribution >= 4 is 17.2 Å². The molecule has 3 aromatic rings. The predicted molar refractivity (Wildman–Crippen MR) is 82.0 cm³/mol. The quantitative estimate of drug-likeness (QED) is 0.735. The largest absolute Gasteiger partial charge is 0.383 e. The number of nitrogen functional groups attached to an aromatic ring is 1. The maximum atomic E-state index is 6.23. The molecule has 2 aromatic heterocycles. The van der Waals surface area contributed by atoms with Gasteiger partial charge in [0.25, 0.3) is 0 Å². The van der Waals surface area contributed by atoms with Gasteiger partial charge in [0.1, 0.15) is 17.2 Å². The van der Waals surface area contributed by atoms with Gasteiger partial charge in [-0.25, -0.2) is 4.98 Å². The van der Waals surface area contributed by atoms with Gasteiger partial charge in [0.15, 0.2) is 0 Å². The third kappa shape index (κ3) is 1.51. The molecule has 4 rings (SSSR count). The number of nitrogens with two attached hydrogens (primary N) is 1. The second kappa shape index (κ2) is 4.00. The van der Waals surface area contributed by atoms with Gasteiger partial charge in [-0.05, 0) is 36.2 Å². The fourth-order valence-electron chi connectivity index (χ4n) is 2.94. The number of pyridine rings is 1. The molecule has 0 aliphatic carbocycles. The van der Waals surface area contributed by atoms with Gasteiger partial charge in [0.05, 0.1) is 0 Å². The molecule has 0 fully saturated rings.